The fourth-order valence-corrected chi connectivity index (χ4v) is 2.01. The number of nitro groups is 1. The van der Waals surface area contributed by atoms with Gasteiger partial charge in [-0.15, -0.1) is 0 Å². The van der Waals surface area contributed by atoms with Crippen LogP contribution in [0.1, 0.15) is 0 Å². The van der Waals surface area contributed by atoms with Crippen molar-refractivity contribution in [1.82, 2.24) is 0 Å². The van der Waals surface area contributed by atoms with Crippen molar-refractivity contribution in [3.05, 3.63) is 56.1 Å². The first-order valence-electron chi connectivity index (χ1n) is 5.38. The van der Waals surface area contributed by atoms with Gasteiger partial charge < -0.3 is 10.7 Å². The Balaban J connectivity index is 2.39. The molecule has 0 aliphatic carbocycles. The van der Waals surface area contributed by atoms with Crippen LogP contribution in [0.2, 0.25) is 0 Å². The van der Waals surface area contributed by atoms with Crippen LogP contribution in [0, 0.1) is 13.7 Å². The molecule has 0 saturated carbocycles. The summed E-state index contributed by atoms with van der Waals surface area (Å²) in [6, 6.07) is 12.4. The molecule has 0 amide bonds. The summed E-state index contributed by atoms with van der Waals surface area (Å²) in [6.45, 7) is 0. The summed E-state index contributed by atoms with van der Waals surface area (Å²) < 4.78 is 1.09. The van der Waals surface area contributed by atoms with Gasteiger partial charge in [0.15, 0.2) is 0 Å². The van der Waals surface area contributed by atoms with Crippen LogP contribution < -0.4 is 16.6 Å². The van der Waals surface area contributed by atoms with E-state index in [1.54, 1.807) is 18.2 Å². The van der Waals surface area contributed by atoms with Gasteiger partial charge >= 0.3 is 5.69 Å². The quantitative estimate of drug-likeness (QED) is 0.333. The standard InChI is InChI=1S/C12H11IN4O2/c13-8-4-6-9(7-5-8)15-10-2-1-3-11(16-14)12(10)17(18)19/h1-7,15-16H,14H2. The summed E-state index contributed by atoms with van der Waals surface area (Å²) in [5.74, 6) is 5.29. The predicted molar refractivity (Wildman–Crippen MR) is 83.3 cm³/mol. The summed E-state index contributed by atoms with van der Waals surface area (Å²) in [6.07, 6.45) is 0. The second kappa shape index (κ2) is 5.85. The SMILES string of the molecule is NNc1cccc(Nc2ccc(I)cc2)c1[N+](=O)[O-]. The molecular weight excluding hydrogens is 359 g/mol. The van der Waals surface area contributed by atoms with E-state index >= 15 is 0 Å². The summed E-state index contributed by atoms with van der Waals surface area (Å²) >= 11 is 2.19. The number of benzene rings is 2. The Morgan fingerprint density at radius 3 is 2.32 bits per heavy atom. The number of para-hydroxylation sites is 1. The Hall–Kier alpha value is -1.87. The molecule has 6 nitrogen and oxygen atoms in total. The van der Waals surface area contributed by atoms with Crippen molar-refractivity contribution >= 4 is 45.3 Å². The zero-order valence-electron chi connectivity index (χ0n) is 9.76. The minimum Gasteiger partial charge on any atom is -0.350 e. The average Bonchev–Trinajstić information content (AvgIpc) is 2.40. The molecule has 98 valence electrons. The van der Waals surface area contributed by atoms with Crippen LogP contribution in [-0.4, -0.2) is 4.92 Å². The highest BCUT2D eigenvalue weighted by Gasteiger charge is 2.19. The van der Waals surface area contributed by atoms with E-state index in [0.717, 1.165) is 9.26 Å². The molecule has 2 aromatic carbocycles. The zero-order valence-corrected chi connectivity index (χ0v) is 11.9. The van der Waals surface area contributed by atoms with Gasteiger partial charge in [-0.1, -0.05) is 6.07 Å². The highest BCUT2D eigenvalue weighted by molar-refractivity contribution is 14.1. The molecule has 7 heteroatoms. The lowest BCUT2D eigenvalue weighted by atomic mass is 10.2. The van der Waals surface area contributed by atoms with Gasteiger partial charge in [0.05, 0.1) is 4.92 Å². The molecule has 0 aliphatic rings. The number of halogens is 1. The first-order valence-corrected chi connectivity index (χ1v) is 6.46. The number of rotatable bonds is 4. The second-order valence-electron chi connectivity index (χ2n) is 3.74. The van der Waals surface area contributed by atoms with Gasteiger partial charge in [-0.25, -0.2) is 0 Å². The third-order valence-corrected chi connectivity index (χ3v) is 3.22. The lowest BCUT2D eigenvalue weighted by Crippen LogP contribution is -2.10. The van der Waals surface area contributed by atoms with E-state index in [2.05, 4.69) is 33.3 Å². The van der Waals surface area contributed by atoms with Crippen LogP contribution in [0.15, 0.2) is 42.5 Å². The van der Waals surface area contributed by atoms with Crippen molar-refractivity contribution in [2.75, 3.05) is 10.7 Å². The van der Waals surface area contributed by atoms with E-state index in [1.165, 1.54) is 0 Å². The highest BCUT2D eigenvalue weighted by Crippen LogP contribution is 2.34. The molecule has 2 aromatic rings. The number of nitro benzene ring substituents is 1. The molecule has 0 radical (unpaired) electrons. The predicted octanol–water partition coefficient (Wildman–Crippen LogP) is 3.23. The maximum Gasteiger partial charge on any atom is 0.316 e. The van der Waals surface area contributed by atoms with E-state index in [4.69, 9.17) is 5.84 Å². The molecule has 0 aliphatic heterocycles. The van der Waals surface area contributed by atoms with Crippen molar-refractivity contribution in [2.24, 2.45) is 5.84 Å². The Morgan fingerprint density at radius 1 is 1.11 bits per heavy atom. The Labute approximate surface area is 123 Å². The molecule has 0 aromatic heterocycles. The van der Waals surface area contributed by atoms with E-state index in [0.29, 0.717) is 5.69 Å². The van der Waals surface area contributed by atoms with Crippen molar-refractivity contribution in [3.8, 4) is 0 Å². The summed E-state index contributed by atoms with van der Waals surface area (Å²) in [5, 5.41) is 14.1. The molecule has 0 atom stereocenters. The molecule has 0 bridgehead atoms. The molecule has 19 heavy (non-hydrogen) atoms. The number of nitrogens with zero attached hydrogens (tertiary/aromatic N) is 1. The normalized spacial score (nSPS) is 10.0. The van der Waals surface area contributed by atoms with E-state index in [-0.39, 0.29) is 11.4 Å². The van der Waals surface area contributed by atoms with Crippen LogP contribution in [0.5, 0.6) is 0 Å². The number of nitrogens with one attached hydrogen (secondary N) is 2. The van der Waals surface area contributed by atoms with Crippen LogP contribution in [-0.2, 0) is 0 Å². The smallest absolute Gasteiger partial charge is 0.316 e. The second-order valence-corrected chi connectivity index (χ2v) is 4.98. The van der Waals surface area contributed by atoms with Crippen LogP contribution in [0.4, 0.5) is 22.7 Å². The van der Waals surface area contributed by atoms with Crippen molar-refractivity contribution in [1.29, 1.82) is 0 Å². The summed E-state index contributed by atoms with van der Waals surface area (Å²) in [7, 11) is 0. The number of hydrogen-bond donors (Lipinski definition) is 3. The molecule has 4 N–H and O–H groups in total. The molecule has 0 heterocycles. The number of anilines is 3. The molecular formula is C12H11IN4O2. The minimum absolute atomic E-state index is 0.0800. The third-order valence-electron chi connectivity index (χ3n) is 2.50. The van der Waals surface area contributed by atoms with Crippen molar-refractivity contribution in [3.63, 3.8) is 0 Å². The monoisotopic (exact) mass is 370 g/mol. The van der Waals surface area contributed by atoms with Crippen LogP contribution in [0.25, 0.3) is 0 Å². The Morgan fingerprint density at radius 2 is 1.74 bits per heavy atom. The molecule has 0 unspecified atom stereocenters. The number of nitrogen functional groups attached to an aromatic ring is 1. The Kier molecular flexibility index (Phi) is 4.17. The lowest BCUT2D eigenvalue weighted by molar-refractivity contribution is -0.383. The van der Waals surface area contributed by atoms with Gasteiger partial charge in [-0.2, -0.15) is 0 Å². The Bertz CT molecular complexity index is 601. The molecule has 0 saturated heterocycles. The first kappa shape index (κ1) is 13.6. The van der Waals surface area contributed by atoms with E-state index in [1.807, 2.05) is 24.3 Å². The number of hydrazine groups is 1. The molecule has 0 spiro atoms. The number of hydrogen-bond acceptors (Lipinski definition) is 5. The summed E-state index contributed by atoms with van der Waals surface area (Å²) in [5.41, 5.74) is 3.68. The van der Waals surface area contributed by atoms with E-state index < -0.39 is 4.92 Å². The largest absolute Gasteiger partial charge is 0.350 e. The van der Waals surface area contributed by atoms with Gasteiger partial charge in [-0.3, -0.25) is 16.0 Å². The fourth-order valence-electron chi connectivity index (χ4n) is 1.65. The molecule has 2 rings (SSSR count). The summed E-state index contributed by atoms with van der Waals surface area (Å²) in [4.78, 5) is 10.6. The molecule has 0 fully saturated rings. The zero-order chi connectivity index (χ0) is 13.8. The van der Waals surface area contributed by atoms with Gasteiger partial charge in [0.2, 0.25) is 0 Å². The number of nitrogens with two attached hydrogens (primary N) is 1. The van der Waals surface area contributed by atoms with Crippen LogP contribution in [0.3, 0.4) is 0 Å². The van der Waals surface area contributed by atoms with E-state index in [9.17, 15) is 10.1 Å². The highest BCUT2D eigenvalue weighted by atomic mass is 127. The minimum atomic E-state index is -0.468. The van der Waals surface area contributed by atoms with Gasteiger partial charge in [0.1, 0.15) is 11.4 Å². The maximum atomic E-state index is 11.1. The fraction of sp³-hybridized carbons (Fsp3) is 0. The topological polar surface area (TPSA) is 93.2 Å². The van der Waals surface area contributed by atoms with Gasteiger partial charge in [0, 0.05) is 9.26 Å². The van der Waals surface area contributed by atoms with Crippen LogP contribution >= 0.6 is 22.6 Å². The van der Waals surface area contributed by atoms with Gasteiger partial charge in [-0.05, 0) is 59.0 Å². The third kappa shape index (κ3) is 3.12. The van der Waals surface area contributed by atoms with Crippen molar-refractivity contribution in [2.45, 2.75) is 0 Å². The first-order chi connectivity index (χ1) is 9.11. The average molecular weight is 370 g/mol. The lowest BCUT2D eigenvalue weighted by Gasteiger charge is -2.09. The maximum absolute atomic E-state index is 11.1. The van der Waals surface area contributed by atoms with Gasteiger partial charge in [0.25, 0.3) is 0 Å². The van der Waals surface area contributed by atoms with Crippen molar-refractivity contribution < 1.29 is 4.92 Å².